The highest BCUT2D eigenvalue weighted by atomic mass is 16.1. The molecule has 4 nitrogen and oxygen atoms in total. The summed E-state index contributed by atoms with van der Waals surface area (Å²) in [6.45, 7) is 6.72. The number of carbonyl (C=O) groups excluding carboxylic acids is 1. The molecule has 0 atom stereocenters. The minimum atomic E-state index is 0.388. The Labute approximate surface area is 172 Å². The Bertz CT molecular complexity index is 1060. The van der Waals surface area contributed by atoms with Gasteiger partial charge in [-0.1, -0.05) is 19.9 Å². The van der Waals surface area contributed by atoms with E-state index < -0.39 is 0 Å². The van der Waals surface area contributed by atoms with Crippen molar-refractivity contribution in [3.05, 3.63) is 52.8 Å². The molecular formula is C25H29N3O. The standard InChI is InChI=1S/C25H29N3O/c1-15(2)24-21-12-18(16-7-9-26-10-8-16)5-6-22(21)28-25(24)19-11-20(14-29)27-23(13-19)17-3-4-17/h5-6,11-17,26,28H,3-4,7-10H2,1-2H3. The van der Waals surface area contributed by atoms with Crippen LogP contribution in [0, 0.1) is 0 Å². The van der Waals surface area contributed by atoms with E-state index in [9.17, 15) is 4.79 Å². The fourth-order valence-corrected chi connectivity index (χ4v) is 4.83. The average molecular weight is 388 g/mol. The summed E-state index contributed by atoms with van der Waals surface area (Å²) >= 11 is 0. The Balaban J connectivity index is 1.65. The fraction of sp³-hybridized carbons (Fsp3) is 0.440. The maximum Gasteiger partial charge on any atom is 0.168 e. The second-order valence-corrected chi connectivity index (χ2v) is 9.00. The van der Waals surface area contributed by atoms with Gasteiger partial charge in [0.05, 0.1) is 5.69 Å². The number of carbonyl (C=O) groups is 1. The van der Waals surface area contributed by atoms with Gasteiger partial charge in [-0.05, 0) is 86.0 Å². The van der Waals surface area contributed by atoms with Gasteiger partial charge in [-0.15, -0.1) is 0 Å². The third-order valence-corrected chi connectivity index (χ3v) is 6.52. The zero-order valence-electron chi connectivity index (χ0n) is 17.3. The number of benzene rings is 1. The van der Waals surface area contributed by atoms with Crippen molar-refractivity contribution in [2.24, 2.45) is 0 Å². The van der Waals surface area contributed by atoms with Gasteiger partial charge in [0.1, 0.15) is 5.69 Å². The van der Waals surface area contributed by atoms with Crippen LogP contribution >= 0.6 is 0 Å². The van der Waals surface area contributed by atoms with E-state index in [-0.39, 0.29) is 0 Å². The first-order valence-corrected chi connectivity index (χ1v) is 11.0. The monoisotopic (exact) mass is 387 g/mol. The van der Waals surface area contributed by atoms with E-state index in [0.717, 1.165) is 36.3 Å². The predicted molar refractivity (Wildman–Crippen MR) is 118 cm³/mol. The molecule has 3 aromatic rings. The lowest BCUT2D eigenvalue weighted by Crippen LogP contribution is -2.26. The molecule has 1 saturated carbocycles. The van der Waals surface area contributed by atoms with E-state index in [4.69, 9.17) is 0 Å². The van der Waals surface area contributed by atoms with Crippen LogP contribution in [0.2, 0.25) is 0 Å². The molecule has 29 heavy (non-hydrogen) atoms. The number of piperidine rings is 1. The van der Waals surface area contributed by atoms with Gasteiger partial charge >= 0.3 is 0 Å². The molecule has 0 spiro atoms. The summed E-state index contributed by atoms with van der Waals surface area (Å²) in [5.74, 6) is 1.55. The Morgan fingerprint density at radius 1 is 1.03 bits per heavy atom. The number of fused-ring (bicyclic) bond motifs is 1. The van der Waals surface area contributed by atoms with Crippen molar-refractivity contribution in [1.82, 2.24) is 15.3 Å². The number of nitrogens with zero attached hydrogens (tertiary/aromatic N) is 1. The van der Waals surface area contributed by atoms with Crippen LogP contribution in [-0.4, -0.2) is 29.3 Å². The largest absolute Gasteiger partial charge is 0.354 e. The SMILES string of the molecule is CC(C)c1c(-c2cc(C=O)nc(C3CC3)c2)[nH]c2ccc(C3CCNCC3)cc12. The lowest BCUT2D eigenvalue weighted by atomic mass is 9.88. The highest BCUT2D eigenvalue weighted by molar-refractivity contribution is 5.92. The van der Waals surface area contributed by atoms with Crippen LogP contribution in [0.15, 0.2) is 30.3 Å². The minimum absolute atomic E-state index is 0.388. The van der Waals surface area contributed by atoms with Crippen LogP contribution in [0.5, 0.6) is 0 Å². The van der Waals surface area contributed by atoms with Crippen molar-refractivity contribution in [2.45, 2.75) is 57.3 Å². The van der Waals surface area contributed by atoms with Gasteiger partial charge in [0.25, 0.3) is 0 Å². The van der Waals surface area contributed by atoms with Crippen LogP contribution in [-0.2, 0) is 0 Å². The number of aromatic nitrogens is 2. The van der Waals surface area contributed by atoms with E-state index >= 15 is 0 Å². The van der Waals surface area contributed by atoms with Gasteiger partial charge in [0.2, 0.25) is 0 Å². The molecule has 0 bridgehead atoms. The Hall–Kier alpha value is -2.46. The average Bonchev–Trinajstić information content (AvgIpc) is 3.53. The lowest BCUT2D eigenvalue weighted by molar-refractivity contribution is 0.111. The van der Waals surface area contributed by atoms with Crippen molar-refractivity contribution < 1.29 is 4.79 Å². The molecule has 5 rings (SSSR count). The second-order valence-electron chi connectivity index (χ2n) is 9.00. The van der Waals surface area contributed by atoms with Crippen molar-refractivity contribution in [2.75, 3.05) is 13.1 Å². The number of H-pyrrole nitrogens is 1. The maximum atomic E-state index is 11.5. The maximum absolute atomic E-state index is 11.5. The summed E-state index contributed by atoms with van der Waals surface area (Å²) < 4.78 is 0. The van der Waals surface area contributed by atoms with Gasteiger partial charge in [-0.3, -0.25) is 4.79 Å². The zero-order chi connectivity index (χ0) is 20.0. The molecule has 0 unspecified atom stereocenters. The number of pyridine rings is 1. The number of aromatic amines is 1. The van der Waals surface area contributed by atoms with E-state index in [2.05, 4.69) is 53.4 Å². The van der Waals surface area contributed by atoms with E-state index in [0.29, 0.717) is 23.4 Å². The summed E-state index contributed by atoms with van der Waals surface area (Å²) in [6.07, 6.45) is 5.65. The Morgan fingerprint density at radius 3 is 2.52 bits per heavy atom. The molecule has 1 aliphatic carbocycles. The molecule has 2 aromatic heterocycles. The van der Waals surface area contributed by atoms with Crippen LogP contribution in [0.1, 0.15) is 84.6 Å². The smallest absolute Gasteiger partial charge is 0.168 e. The van der Waals surface area contributed by atoms with Crippen molar-refractivity contribution >= 4 is 17.2 Å². The van der Waals surface area contributed by atoms with E-state index in [1.165, 1.54) is 47.7 Å². The summed E-state index contributed by atoms with van der Waals surface area (Å²) in [7, 11) is 0. The Morgan fingerprint density at radius 2 is 1.83 bits per heavy atom. The first-order valence-electron chi connectivity index (χ1n) is 11.0. The van der Waals surface area contributed by atoms with Crippen LogP contribution in [0.3, 0.4) is 0 Å². The highest BCUT2D eigenvalue weighted by Crippen LogP contribution is 2.42. The summed E-state index contributed by atoms with van der Waals surface area (Å²) in [4.78, 5) is 19.7. The molecule has 1 saturated heterocycles. The normalized spacial score (nSPS) is 17.9. The summed E-state index contributed by atoms with van der Waals surface area (Å²) in [5, 5.41) is 4.79. The molecular weight excluding hydrogens is 358 g/mol. The second kappa shape index (κ2) is 7.42. The molecule has 1 aromatic carbocycles. The van der Waals surface area contributed by atoms with Crippen molar-refractivity contribution in [1.29, 1.82) is 0 Å². The van der Waals surface area contributed by atoms with Gasteiger partial charge in [0, 0.05) is 28.1 Å². The Kier molecular flexibility index (Phi) is 4.75. The lowest BCUT2D eigenvalue weighted by Gasteiger charge is -2.23. The van der Waals surface area contributed by atoms with E-state index in [1.807, 2.05) is 6.07 Å². The van der Waals surface area contributed by atoms with Gasteiger partial charge in [-0.2, -0.15) is 0 Å². The fourth-order valence-electron chi connectivity index (χ4n) is 4.83. The molecule has 2 fully saturated rings. The molecule has 1 aliphatic heterocycles. The summed E-state index contributed by atoms with van der Waals surface area (Å²) in [6, 6.07) is 11.1. The highest BCUT2D eigenvalue weighted by Gasteiger charge is 2.27. The summed E-state index contributed by atoms with van der Waals surface area (Å²) in [5.41, 5.74) is 7.81. The predicted octanol–water partition coefficient (Wildman–Crippen LogP) is 5.51. The molecule has 2 aliphatic rings. The third kappa shape index (κ3) is 3.51. The number of aldehydes is 1. The van der Waals surface area contributed by atoms with Gasteiger partial charge in [0.15, 0.2) is 6.29 Å². The van der Waals surface area contributed by atoms with Gasteiger partial charge in [-0.25, -0.2) is 4.98 Å². The number of nitrogens with one attached hydrogen (secondary N) is 2. The zero-order valence-corrected chi connectivity index (χ0v) is 17.3. The first kappa shape index (κ1) is 18.6. The molecule has 4 heteroatoms. The number of rotatable bonds is 5. The number of hydrogen-bond acceptors (Lipinski definition) is 3. The molecule has 150 valence electrons. The van der Waals surface area contributed by atoms with Crippen LogP contribution in [0.25, 0.3) is 22.2 Å². The molecule has 0 radical (unpaired) electrons. The third-order valence-electron chi connectivity index (χ3n) is 6.52. The van der Waals surface area contributed by atoms with Crippen LogP contribution in [0.4, 0.5) is 0 Å². The molecule has 2 N–H and O–H groups in total. The number of hydrogen-bond donors (Lipinski definition) is 2. The first-order chi connectivity index (χ1) is 14.1. The topological polar surface area (TPSA) is 57.8 Å². The van der Waals surface area contributed by atoms with Crippen molar-refractivity contribution in [3.63, 3.8) is 0 Å². The quantitative estimate of drug-likeness (QED) is 0.568. The molecule has 3 heterocycles. The molecule has 0 amide bonds. The van der Waals surface area contributed by atoms with Crippen molar-refractivity contribution in [3.8, 4) is 11.3 Å². The minimum Gasteiger partial charge on any atom is -0.354 e. The van der Waals surface area contributed by atoms with Gasteiger partial charge < -0.3 is 10.3 Å². The van der Waals surface area contributed by atoms with Crippen LogP contribution < -0.4 is 5.32 Å². The van der Waals surface area contributed by atoms with E-state index in [1.54, 1.807) is 0 Å².